The van der Waals surface area contributed by atoms with Crippen LogP contribution in [0.15, 0.2) is 48.5 Å². The molecule has 29 heavy (non-hydrogen) atoms. The number of ether oxygens (including phenoxy) is 1. The van der Waals surface area contributed by atoms with Crippen molar-refractivity contribution in [3.63, 3.8) is 0 Å². The lowest BCUT2D eigenvalue weighted by molar-refractivity contribution is 0.0939. The highest BCUT2D eigenvalue weighted by Gasteiger charge is 2.11. The van der Waals surface area contributed by atoms with Gasteiger partial charge in [0.15, 0.2) is 0 Å². The third-order valence-corrected chi connectivity index (χ3v) is 5.04. The fourth-order valence-electron chi connectivity index (χ4n) is 2.70. The van der Waals surface area contributed by atoms with E-state index in [1.807, 2.05) is 6.92 Å². The first kappa shape index (κ1) is 20.7. The molecule has 152 valence electrons. The molecule has 3 aromatic rings. The summed E-state index contributed by atoms with van der Waals surface area (Å²) in [5.41, 5.74) is 1.56. The maximum absolute atomic E-state index is 13.0. The number of carbonyl (C=O) groups excluding carboxylic acids is 1. The predicted octanol–water partition coefficient (Wildman–Crippen LogP) is 3.90. The van der Waals surface area contributed by atoms with Crippen molar-refractivity contribution in [3.05, 3.63) is 71.3 Å². The van der Waals surface area contributed by atoms with Crippen molar-refractivity contribution in [2.24, 2.45) is 0 Å². The van der Waals surface area contributed by atoms with Crippen LogP contribution in [0, 0.1) is 5.82 Å². The van der Waals surface area contributed by atoms with Crippen molar-refractivity contribution in [1.29, 1.82) is 0 Å². The van der Waals surface area contributed by atoms with E-state index in [9.17, 15) is 9.18 Å². The summed E-state index contributed by atoms with van der Waals surface area (Å²) in [4.78, 5) is 16.7. The average molecular weight is 415 g/mol. The molecule has 1 aromatic heterocycles. The Balaban J connectivity index is 1.41. The molecular formula is C21H23FN4O2S. The standard InChI is InChI=1S/C21H23FN4O2S/c1-14(24-20(27)16-5-9-18(28-2)10-6-16)11-12-23-21-25-19(26-29-21)13-15-3-7-17(22)8-4-15/h3-10,14H,11-13H2,1-2H3,(H,24,27)(H,23,25,26). The molecule has 0 fully saturated rings. The number of carbonyl (C=O) groups is 1. The molecule has 0 saturated heterocycles. The molecule has 2 N–H and O–H groups in total. The summed E-state index contributed by atoms with van der Waals surface area (Å²) in [6, 6.07) is 13.3. The van der Waals surface area contributed by atoms with Gasteiger partial charge in [-0.15, -0.1) is 0 Å². The summed E-state index contributed by atoms with van der Waals surface area (Å²) < 4.78 is 22.4. The minimum Gasteiger partial charge on any atom is -0.497 e. The fraction of sp³-hybridized carbons (Fsp3) is 0.286. The number of halogens is 1. The maximum atomic E-state index is 13.0. The monoisotopic (exact) mass is 414 g/mol. The third kappa shape index (κ3) is 6.25. The van der Waals surface area contributed by atoms with E-state index in [0.29, 0.717) is 24.4 Å². The van der Waals surface area contributed by atoms with E-state index in [-0.39, 0.29) is 17.8 Å². The quantitative estimate of drug-likeness (QED) is 0.555. The number of methoxy groups -OCH3 is 1. The van der Waals surface area contributed by atoms with Crippen molar-refractivity contribution in [1.82, 2.24) is 14.7 Å². The minimum atomic E-state index is -0.254. The molecule has 0 saturated carbocycles. The van der Waals surface area contributed by atoms with Gasteiger partial charge in [-0.1, -0.05) is 12.1 Å². The lowest BCUT2D eigenvalue weighted by Crippen LogP contribution is -2.33. The zero-order chi connectivity index (χ0) is 20.6. The summed E-state index contributed by atoms with van der Waals surface area (Å²) in [5, 5.41) is 6.95. The van der Waals surface area contributed by atoms with E-state index < -0.39 is 0 Å². The molecule has 1 atom stereocenters. The molecule has 3 rings (SSSR count). The summed E-state index contributed by atoms with van der Waals surface area (Å²) in [6.07, 6.45) is 1.31. The van der Waals surface area contributed by atoms with Crippen LogP contribution in [0.4, 0.5) is 9.52 Å². The van der Waals surface area contributed by atoms with Gasteiger partial charge >= 0.3 is 0 Å². The summed E-state index contributed by atoms with van der Waals surface area (Å²) in [7, 11) is 1.59. The van der Waals surface area contributed by atoms with E-state index in [1.54, 1.807) is 43.5 Å². The van der Waals surface area contributed by atoms with Crippen LogP contribution < -0.4 is 15.4 Å². The predicted molar refractivity (Wildman–Crippen MR) is 112 cm³/mol. The highest BCUT2D eigenvalue weighted by atomic mass is 32.1. The van der Waals surface area contributed by atoms with Crippen LogP contribution in [0.5, 0.6) is 5.75 Å². The molecule has 6 nitrogen and oxygen atoms in total. The Labute approximate surface area is 173 Å². The number of amides is 1. The Morgan fingerprint density at radius 1 is 1.17 bits per heavy atom. The molecule has 0 radical (unpaired) electrons. The Bertz CT molecular complexity index is 929. The second-order valence-corrected chi connectivity index (χ2v) is 7.39. The van der Waals surface area contributed by atoms with Crippen LogP contribution in [0.3, 0.4) is 0 Å². The number of rotatable bonds is 9. The van der Waals surface area contributed by atoms with Gasteiger partial charge in [0.2, 0.25) is 5.13 Å². The molecule has 0 aliphatic rings. The number of nitrogens with one attached hydrogen (secondary N) is 2. The molecule has 1 heterocycles. The highest BCUT2D eigenvalue weighted by Crippen LogP contribution is 2.15. The zero-order valence-corrected chi connectivity index (χ0v) is 17.1. The van der Waals surface area contributed by atoms with Crippen LogP contribution in [-0.2, 0) is 6.42 Å². The van der Waals surface area contributed by atoms with Gasteiger partial charge in [-0.05, 0) is 55.3 Å². The first-order valence-electron chi connectivity index (χ1n) is 9.29. The van der Waals surface area contributed by atoms with E-state index in [1.165, 1.54) is 23.7 Å². The van der Waals surface area contributed by atoms with Crippen LogP contribution in [0.1, 0.15) is 35.1 Å². The van der Waals surface area contributed by atoms with E-state index >= 15 is 0 Å². The van der Waals surface area contributed by atoms with E-state index in [2.05, 4.69) is 20.0 Å². The molecule has 8 heteroatoms. The first-order chi connectivity index (χ1) is 14.0. The number of benzene rings is 2. The van der Waals surface area contributed by atoms with Gasteiger partial charge in [0.1, 0.15) is 17.4 Å². The zero-order valence-electron chi connectivity index (χ0n) is 16.3. The normalized spacial score (nSPS) is 11.7. The van der Waals surface area contributed by atoms with Crippen molar-refractivity contribution in [3.8, 4) is 5.75 Å². The van der Waals surface area contributed by atoms with Crippen molar-refractivity contribution >= 4 is 22.6 Å². The molecule has 0 bridgehead atoms. The SMILES string of the molecule is COc1ccc(C(=O)NC(C)CCNc2nc(Cc3ccc(F)cc3)ns2)cc1. The topological polar surface area (TPSA) is 76.1 Å². The molecule has 1 unspecified atom stereocenters. The Morgan fingerprint density at radius 2 is 1.90 bits per heavy atom. The van der Waals surface area contributed by atoms with Gasteiger partial charge < -0.3 is 15.4 Å². The largest absolute Gasteiger partial charge is 0.497 e. The highest BCUT2D eigenvalue weighted by molar-refractivity contribution is 7.09. The van der Waals surface area contributed by atoms with Gasteiger partial charge in [-0.2, -0.15) is 4.37 Å². The molecule has 1 amide bonds. The molecular weight excluding hydrogens is 391 g/mol. The second-order valence-electron chi connectivity index (χ2n) is 6.64. The second kappa shape index (κ2) is 9.97. The molecule has 0 aliphatic carbocycles. The number of aromatic nitrogens is 2. The summed E-state index contributed by atoms with van der Waals surface area (Å²) >= 11 is 1.29. The summed E-state index contributed by atoms with van der Waals surface area (Å²) in [6.45, 7) is 2.62. The van der Waals surface area contributed by atoms with Gasteiger partial charge in [-0.3, -0.25) is 4.79 Å². The summed E-state index contributed by atoms with van der Waals surface area (Å²) in [5.74, 6) is 1.05. The van der Waals surface area contributed by atoms with Crippen molar-refractivity contribution in [2.45, 2.75) is 25.8 Å². The lowest BCUT2D eigenvalue weighted by atomic mass is 10.1. The Hall–Kier alpha value is -3.00. The van der Waals surface area contributed by atoms with E-state index in [0.717, 1.165) is 22.9 Å². The smallest absolute Gasteiger partial charge is 0.251 e. The fourth-order valence-corrected chi connectivity index (χ4v) is 3.31. The number of nitrogens with zero attached hydrogens (tertiary/aromatic N) is 2. The number of anilines is 1. The van der Waals surface area contributed by atoms with Gasteiger partial charge in [0.25, 0.3) is 5.91 Å². The van der Waals surface area contributed by atoms with Crippen molar-refractivity contribution in [2.75, 3.05) is 19.0 Å². The Kier molecular flexibility index (Phi) is 7.13. The lowest BCUT2D eigenvalue weighted by Gasteiger charge is -2.14. The molecule has 2 aromatic carbocycles. The maximum Gasteiger partial charge on any atom is 0.251 e. The van der Waals surface area contributed by atoms with Gasteiger partial charge in [0, 0.05) is 36.1 Å². The van der Waals surface area contributed by atoms with E-state index in [4.69, 9.17) is 4.74 Å². The Morgan fingerprint density at radius 3 is 2.59 bits per heavy atom. The molecule has 0 spiro atoms. The van der Waals surface area contributed by atoms with Crippen molar-refractivity contribution < 1.29 is 13.9 Å². The number of hydrogen-bond acceptors (Lipinski definition) is 6. The average Bonchev–Trinajstić information content (AvgIpc) is 3.17. The third-order valence-electron chi connectivity index (χ3n) is 4.33. The van der Waals surface area contributed by atoms with Gasteiger partial charge in [-0.25, -0.2) is 9.37 Å². The molecule has 0 aliphatic heterocycles. The number of hydrogen-bond donors (Lipinski definition) is 2. The first-order valence-corrected chi connectivity index (χ1v) is 10.1. The van der Waals surface area contributed by atoms with Crippen LogP contribution in [-0.4, -0.2) is 35.0 Å². The van der Waals surface area contributed by atoms with Crippen LogP contribution in [0.2, 0.25) is 0 Å². The van der Waals surface area contributed by atoms with Crippen LogP contribution in [0.25, 0.3) is 0 Å². The minimum absolute atomic E-state index is 0.00343. The van der Waals surface area contributed by atoms with Gasteiger partial charge in [0.05, 0.1) is 7.11 Å². The van der Waals surface area contributed by atoms with Crippen LogP contribution >= 0.6 is 11.5 Å².